The van der Waals surface area contributed by atoms with Crippen molar-refractivity contribution in [3.63, 3.8) is 0 Å². The maximum atomic E-state index is 11.6. The third-order valence-corrected chi connectivity index (χ3v) is 4.31. The fraction of sp³-hybridized carbons (Fsp3) is 0.333. The minimum absolute atomic E-state index is 0.366. The van der Waals surface area contributed by atoms with Crippen LogP contribution in [-0.2, 0) is 13.0 Å². The zero-order valence-electron chi connectivity index (χ0n) is 12.9. The summed E-state index contributed by atoms with van der Waals surface area (Å²) in [5, 5.41) is 9.54. The summed E-state index contributed by atoms with van der Waals surface area (Å²) in [4.78, 5) is 18.1. The number of carboxylic acid groups (broad SMARTS) is 1. The molecule has 0 spiro atoms. The Kier molecular flexibility index (Phi) is 3.94. The van der Waals surface area contributed by atoms with E-state index in [0.29, 0.717) is 11.6 Å². The monoisotopic (exact) mass is 296 g/mol. The van der Waals surface area contributed by atoms with Gasteiger partial charge in [0.25, 0.3) is 0 Å². The zero-order valence-corrected chi connectivity index (χ0v) is 12.9. The van der Waals surface area contributed by atoms with E-state index in [9.17, 15) is 9.90 Å². The van der Waals surface area contributed by atoms with Gasteiger partial charge in [-0.05, 0) is 55.2 Å². The maximum absolute atomic E-state index is 11.6. The molecule has 1 aliphatic heterocycles. The molecule has 0 amide bonds. The summed E-state index contributed by atoms with van der Waals surface area (Å²) in [7, 11) is 0. The summed E-state index contributed by atoms with van der Waals surface area (Å²) < 4.78 is 0. The van der Waals surface area contributed by atoms with E-state index in [1.54, 1.807) is 12.4 Å². The average molecular weight is 296 g/mol. The zero-order chi connectivity index (χ0) is 15.7. The van der Waals surface area contributed by atoms with Crippen molar-refractivity contribution in [2.45, 2.75) is 32.9 Å². The number of carbonyl (C=O) groups is 1. The Labute approximate surface area is 130 Å². The fourth-order valence-corrected chi connectivity index (χ4v) is 3.01. The molecule has 3 rings (SSSR count). The second-order valence-corrected chi connectivity index (χ2v) is 6.03. The predicted octanol–water partition coefficient (Wildman–Crippen LogP) is 3.21. The van der Waals surface area contributed by atoms with Gasteiger partial charge in [-0.25, -0.2) is 4.79 Å². The minimum Gasteiger partial charge on any atom is -0.478 e. The molecular formula is C18H20N2O2. The third-order valence-electron chi connectivity index (χ3n) is 4.31. The van der Waals surface area contributed by atoms with E-state index in [4.69, 9.17) is 0 Å². The van der Waals surface area contributed by atoms with Gasteiger partial charge in [-0.15, -0.1) is 0 Å². The highest BCUT2D eigenvalue weighted by atomic mass is 16.4. The van der Waals surface area contributed by atoms with Crippen molar-refractivity contribution >= 4 is 5.97 Å². The number of fused-ring (bicyclic) bond motifs is 1. The van der Waals surface area contributed by atoms with Gasteiger partial charge in [-0.2, -0.15) is 0 Å². The Hall–Kier alpha value is -2.20. The second-order valence-electron chi connectivity index (χ2n) is 6.03. The first kappa shape index (κ1) is 14.7. The topological polar surface area (TPSA) is 53.4 Å². The summed E-state index contributed by atoms with van der Waals surface area (Å²) in [6.45, 7) is 6.24. The first-order valence-corrected chi connectivity index (χ1v) is 7.60. The molecule has 22 heavy (non-hydrogen) atoms. The Morgan fingerprint density at radius 2 is 2.14 bits per heavy atom. The third kappa shape index (κ3) is 2.74. The molecule has 0 atom stereocenters. The molecule has 2 aromatic rings. The second kappa shape index (κ2) is 5.89. The van der Waals surface area contributed by atoms with E-state index in [0.717, 1.165) is 36.2 Å². The molecule has 0 fully saturated rings. The Morgan fingerprint density at radius 1 is 1.32 bits per heavy atom. The van der Waals surface area contributed by atoms with Crippen LogP contribution in [0.15, 0.2) is 36.7 Å². The van der Waals surface area contributed by atoms with Crippen molar-refractivity contribution in [1.82, 2.24) is 9.88 Å². The SMILES string of the molecule is CC(C)N1CCc2cc(C(=O)O)c(-c3cccnc3)cc2C1. The number of aromatic nitrogens is 1. The quantitative estimate of drug-likeness (QED) is 0.945. The van der Waals surface area contributed by atoms with Crippen LogP contribution < -0.4 is 0 Å². The van der Waals surface area contributed by atoms with Gasteiger partial charge in [0.05, 0.1) is 5.56 Å². The molecule has 0 bridgehead atoms. The summed E-state index contributed by atoms with van der Waals surface area (Å²) in [5.74, 6) is -0.882. The average Bonchev–Trinajstić information content (AvgIpc) is 2.53. The van der Waals surface area contributed by atoms with Crippen LogP contribution in [0.5, 0.6) is 0 Å². The summed E-state index contributed by atoms with van der Waals surface area (Å²) >= 11 is 0. The maximum Gasteiger partial charge on any atom is 0.336 e. The van der Waals surface area contributed by atoms with E-state index < -0.39 is 5.97 Å². The lowest BCUT2D eigenvalue weighted by Gasteiger charge is -2.32. The van der Waals surface area contributed by atoms with Crippen LogP contribution in [0, 0.1) is 0 Å². The molecule has 1 N–H and O–H groups in total. The van der Waals surface area contributed by atoms with E-state index in [1.165, 1.54) is 5.56 Å². The molecule has 1 aromatic heterocycles. The Balaban J connectivity index is 2.10. The highest BCUT2D eigenvalue weighted by Gasteiger charge is 2.22. The van der Waals surface area contributed by atoms with Crippen molar-refractivity contribution in [2.75, 3.05) is 6.54 Å². The number of aromatic carboxylic acids is 1. The number of carboxylic acids is 1. The van der Waals surface area contributed by atoms with Gasteiger partial charge >= 0.3 is 5.97 Å². The van der Waals surface area contributed by atoms with Crippen LogP contribution in [0.2, 0.25) is 0 Å². The van der Waals surface area contributed by atoms with Crippen LogP contribution in [0.4, 0.5) is 0 Å². The first-order valence-electron chi connectivity index (χ1n) is 7.60. The number of benzene rings is 1. The lowest BCUT2D eigenvalue weighted by atomic mass is 9.90. The predicted molar refractivity (Wildman–Crippen MR) is 85.9 cm³/mol. The van der Waals surface area contributed by atoms with Crippen molar-refractivity contribution in [2.24, 2.45) is 0 Å². The van der Waals surface area contributed by atoms with Crippen LogP contribution in [0.1, 0.15) is 35.3 Å². The van der Waals surface area contributed by atoms with Crippen molar-refractivity contribution < 1.29 is 9.90 Å². The van der Waals surface area contributed by atoms with Crippen LogP contribution in [-0.4, -0.2) is 33.5 Å². The molecule has 2 heterocycles. The molecule has 1 aromatic carbocycles. The van der Waals surface area contributed by atoms with E-state index in [2.05, 4.69) is 23.7 Å². The molecule has 4 nitrogen and oxygen atoms in total. The van der Waals surface area contributed by atoms with Crippen LogP contribution >= 0.6 is 0 Å². The van der Waals surface area contributed by atoms with Crippen molar-refractivity contribution in [3.8, 4) is 11.1 Å². The highest BCUT2D eigenvalue weighted by molar-refractivity contribution is 5.96. The fourth-order valence-electron chi connectivity index (χ4n) is 3.01. The lowest BCUT2D eigenvalue weighted by Crippen LogP contribution is -2.36. The smallest absolute Gasteiger partial charge is 0.336 e. The molecule has 114 valence electrons. The Bertz CT molecular complexity index is 696. The standard InChI is InChI=1S/C18H20N2O2/c1-12(2)20-7-5-13-8-17(18(21)22)16(9-15(13)11-20)14-4-3-6-19-10-14/h3-4,6,8-10,12H,5,7,11H2,1-2H3,(H,21,22). The largest absolute Gasteiger partial charge is 0.478 e. The van der Waals surface area contributed by atoms with Crippen LogP contribution in [0.3, 0.4) is 0 Å². The van der Waals surface area contributed by atoms with Crippen LogP contribution in [0.25, 0.3) is 11.1 Å². The number of pyridine rings is 1. The Morgan fingerprint density at radius 3 is 2.77 bits per heavy atom. The summed E-state index contributed by atoms with van der Waals surface area (Å²) in [6.07, 6.45) is 4.32. The molecule has 4 heteroatoms. The van der Waals surface area contributed by atoms with Gasteiger partial charge in [0.15, 0.2) is 0 Å². The normalized spacial score (nSPS) is 14.9. The highest BCUT2D eigenvalue weighted by Crippen LogP contribution is 2.30. The molecule has 0 saturated heterocycles. The van der Waals surface area contributed by atoms with Gasteiger partial charge in [0, 0.05) is 37.1 Å². The van der Waals surface area contributed by atoms with Gasteiger partial charge < -0.3 is 5.11 Å². The molecule has 0 unspecified atom stereocenters. The minimum atomic E-state index is -0.882. The van der Waals surface area contributed by atoms with Crippen molar-refractivity contribution in [1.29, 1.82) is 0 Å². The number of hydrogen-bond donors (Lipinski definition) is 1. The number of rotatable bonds is 3. The molecule has 0 aliphatic carbocycles. The first-order chi connectivity index (χ1) is 10.6. The van der Waals surface area contributed by atoms with Gasteiger partial charge in [0.1, 0.15) is 0 Å². The van der Waals surface area contributed by atoms with E-state index >= 15 is 0 Å². The number of nitrogens with zero attached hydrogens (tertiary/aromatic N) is 2. The van der Waals surface area contributed by atoms with Crippen molar-refractivity contribution in [3.05, 3.63) is 53.3 Å². The molecular weight excluding hydrogens is 276 g/mol. The molecule has 0 saturated carbocycles. The molecule has 1 aliphatic rings. The molecule has 0 radical (unpaired) electrons. The summed E-state index contributed by atoms with van der Waals surface area (Å²) in [6, 6.07) is 8.11. The lowest BCUT2D eigenvalue weighted by molar-refractivity contribution is 0.0697. The van der Waals surface area contributed by atoms with E-state index in [1.807, 2.05) is 24.3 Å². The van der Waals surface area contributed by atoms with Gasteiger partial charge in [-0.1, -0.05) is 6.07 Å². The summed E-state index contributed by atoms with van der Waals surface area (Å²) in [5.41, 5.74) is 4.35. The number of hydrogen-bond acceptors (Lipinski definition) is 3. The van der Waals surface area contributed by atoms with Gasteiger partial charge in [-0.3, -0.25) is 9.88 Å². The van der Waals surface area contributed by atoms with Gasteiger partial charge in [0.2, 0.25) is 0 Å². The van der Waals surface area contributed by atoms with E-state index in [-0.39, 0.29) is 0 Å².